The van der Waals surface area contributed by atoms with Crippen molar-refractivity contribution in [3.63, 3.8) is 0 Å². The standard InChI is InChI=1S/C5H8O4.2ClH/c1-3(5(7)8)9-4(2)6;;/h3H,1-2H3,(H,7,8);2*1H. The van der Waals surface area contributed by atoms with Crippen molar-refractivity contribution in [2.75, 3.05) is 0 Å². The lowest BCUT2D eigenvalue weighted by molar-refractivity contribution is -0.161. The molecular weight excluding hydrogens is 195 g/mol. The van der Waals surface area contributed by atoms with Crippen LogP contribution in [-0.2, 0) is 14.3 Å². The molecule has 0 aliphatic carbocycles. The van der Waals surface area contributed by atoms with Crippen LogP contribution in [0.15, 0.2) is 0 Å². The highest BCUT2D eigenvalue weighted by molar-refractivity contribution is 5.85. The maximum absolute atomic E-state index is 10.1. The summed E-state index contributed by atoms with van der Waals surface area (Å²) in [7, 11) is 0. The second-order valence-electron chi connectivity index (χ2n) is 1.59. The van der Waals surface area contributed by atoms with E-state index in [4.69, 9.17) is 5.11 Å². The van der Waals surface area contributed by atoms with E-state index in [0.29, 0.717) is 0 Å². The van der Waals surface area contributed by atoms with Crippen molar-refractivity contribution in [2.24, 2.45) is 0 Å². The van der Waals surface area contributed by atoms with Gasteiger partial charge in [-0.15, -0.1) is 24.8 Å². The molecule has 0 radical (unpaired) electrons. The molecule has 0 amide bonds. The first kappa shape index (κ1) is 16.9. The summed E-state index contributed by atoms with van der Waals surface area (Å²) in [6.45, 7) is 2.46. The SMILES string of the molecule is CC(=O)OC(C)C(=O)O.Cl.Cl. The molecule has 0 aliphatic rings. The molecule has 4 nitrogen and oxygen atoms in total. The minimum atomic E-state index is -1.13. The Hall–Kier alpha value is -0.480. The van der Waals surface area contributed by atoms with Gasteiger partial charge in [-0.25, -0.2) is 4.79 Å². The smallest absolute Gasteiger partial charge is 0.344 e. The van der Waals surface area contributed by atoms with Gasteiger partial charge in [-0.05, 0) is 6.92 Å². The van der Waals surface area contributed by atoms with E-state index in [2.05, 4.69) is 4.74 Å². The van der Waals surface area contributed by atoms with Gasteiger partial charge in [0.15, 0.2) is 6.10 Å². The summed E-state index contributed by atoms with van der Waals surface area (Å²) in [5.41, 5.74) is 0. The Morgan fingerprint density at radius 1 is 1.36 bits per heavy atom. The van der Waals surface area contributed by atoms with Crippen LogP contribution in [0, 0.1) is 0 Å². The number of carboxylic acid groups (broad SMARTS) is 1. The van der Waals surface area contributed by atoms with Crippen LogP contribution in [-0.4, -0.2) is 23.1 Å². The summed E-state index contributed by atoms with van der Waals surface area (Å²) in [5.74, 6) is -1.71. The Kier molecular flexibility index (Phi) is 11.7. The highest BCUT2D eigenvalue weighted by Crippen LogP contribution is 1.89. The van der Waals surface area contributed by atoms with Crippen molar-refractivity contribution in [2.45, 2.75) is 20.0 Å². The van der Waals surface area contributed by atoms with Crippen LogP contribution >= 0.6 is 24.8 Å². The largest absolute Gasteiger partial charge is 0.479 e. The Balaban J connectivity index is -0.000000320. The zero-order valence-electron chi connectivity index (χ0n) is 6.07. The number of aliphatic carboxylic acids is 1. The summed E-state index contributed by atoms with van der Waals surface area (Å²) in [6, 6.07) is 0. The van der Waals surface area contributed by atoms with Gasteiger partial charge in [-0.2, -0.15) is 0 Å². The fourth-order valence-electron chi connectivity index (χ4n) is 0.299. The van der Waals surface area contributed by atoms with Gasteiger partial charge >= 0.3 is 11.9 Å². The van der Waals surface area contributed by atoms with Crippen molar-refractivity contribution in [1.29, 1.82) is 0 Å². The zero-order chi connectivity index (χ0) is 7.44. The molecule has 68 valence electrons. The van der Waals surface area contributed by atoms with Crippen LogP contribution in [0.4, 0.5) is 0 Å². The van der Waals surface area contributed by atoms with Gasteiger partial charge in [0.05, 0.1) is 0 Å². The predicted molar refractivity (Wildman–Crippen MR) is 43.4 cm³/mol. The second kappa shape index (κ2) is 7.63. The molecule has 0 spiro atoms. The molecule has 6 heteroatoms. The van der Waals surface area contributed by atoms with Gasteiger partial charge in [0.25, 0.3) is 0 Å². The highest BCUT2D eigenvalue weighted by atomic mass is 35.5. The number of rotatable bonds is 2. The average molecular weight is 205 g/mol. The van der Waals surface area contributed by atoms with Gasteiger partial charge in [-0.1, -0.05) is 0 Å². The number of carbonyl (C=O) groups excluding carboxylic acids is 1. The summed E-state index contributed by atoms with van der Waals surface area (Å²) in [4.78, 5) is 20.0. The molecule has 0 bridgehead atoms. The minimum absolute atomic E-state index is 0. The lowest BCUT2D eigenvalue weighted by Gasteiger charge is -2.04. The molecule has 0 saturated carbocycles. The van der Waals surface area contributed by atoms with E-state index in [-0.39, 0.29) is 24.8 Å². The summed E-state index contributed by atoms with van der Waals surface area (Å²) >= 11 is 0. The predicted octanol–water partition coefficient (Wildman–Crippen LogP) is 0.866. The second-order valence-corrected chi connectivity index (χ2v) is 1.59. The van der Waals surface area contributed by atoms with Crippen molar-refractivity contribution >= 4 is 36.8 Å². The summed E-state index contributed by atoms with van der Waals surface area (Å²) in [5, 5.41) is 8.15. The van der Waals surface area contributed by atoms with Crippen LogP contribution in [0.3, 0.4) is 0 Å². The first-order chi connectivity index (χ1) is 4.04. The Labute approximate surface area is 76.7 Å². The third-order valence-corrected chi connectivity index (χ3v) is 0.691. The lowest BCUT2D eigenvalue weighted by Crippen LogP contribution is -2.21. The third-order valence-electron chi connectivity index (χ3n) is 0.691. The zero-order valence-corrected chi connectivity index (χ0v) is 7.70. The van der Waals surface area contributed by atoms with Gasteiger partial charge in [0, 0.05) is 6.92 Å². The lowest BCUT2D eigenvalue weighted by atomic mass is 10.4. The number of hydrogen-bond donors (Lipinski definition) is 1. The maximum Gasteiger partial charge on any atom is 0.344 e. The summed E-state index contributed by atoms with van der Waals surface area (Å²) in [6.07, 6.45) is -1.04. The number of hydrogen-bond acceptors (Lipinski definition) is 3. The first-order valence-electron chi connectivity index (χ1n) is 2.44. The monoisotopic (exact) mass is 204 g/mol. The van der Waals surface area contributed by atoms with E-state index in [0.717, 1.165) is 0 Å². The molecular formula is C5H10Cl2O4. The normalized spacial score (nSPS) is 10.0. The van der Waals surface area contributed by atoms with Crippen molar-refractivity contribution < 1.29 is 19.4 Å². The number of carboxylic acids is 1. The van der Waals surface area contributed by atoms with Crippen LogP contribution < -0.4 is 0 Å². The fraction of sp³-hybridized carbons (Fsp3) is 0.600. The third kappa shape index (κ3) is 9.52. The van der Waals surface area contributed by atoms with Gasteiger partial charge < -0.3 is 9.84 Å². The molecule has 0 fully saturated rings. The van der Waals surface area contributed by atoms with Gasteiger partial charge in [0.2, 0.25) is 0 Å². The molecule has 0 heterocycles. The molecule has 0 rings (SSSR count). The topological polar surface area (TPSA) is 63.6 Å². The Morgan fingerprint density at radius 3 is 1.82 bits per heavy atom. The van der Waals surface area contributed by atoms with E-state index in [9.17, 15) is 9.59 Å². The Morgan fingerprint density at radius 2 is 1.73 bits per heavy atom. The van der Waals surface area contributed by atoms with Gasteiger partial charge in [-0.3, -0.25) is 4.79 Å². The molecule has 0 aliphatic heterocycles. The quantitative estimate of drug-likeness (QED) is 0.679. The maximum atomic E-state index is 10.1. The van der Waals surface area contributed by atoms with Gasteiger partial charge in [0.1, 0.15) is 0 Å². The van der Waals surface area contributed by atoms with Crippen molar-refractivity contribution in [1.82, 2.24) is 0 Å². The van der Waals surface area contributed by atoms with Crippen LogP contribution in [0.25, 0.3) is 0 Å². The number of esters is 1. The molecule has 0 saturated heterocycles. The number of carbonyl (C=O) groups is 2. The van der Waals surface area contributed by atoms with E-state index in [1.165, 1.54) is 13.8 Å². The molecule has 1 atom stereocenters. The highest BCUT2D eigenvalue weighted by Gasteiger charge is 2.12. The van der Waals surface area contributed by atoms with E-state index in [1.807, 2.05) is 0 Å². The first-order valence-corrected chi connectivity index (χ1v) is 2.44. The molecule has 1 unspecified atom stereocenters. The molecule has 11 heavy (non-hydrogen) atoms. The van der Waals surface area contributed by atoms with E-state index in [1.54, 1.807) is 0 Å². The molecule has 0 aromatic heterocycles. The van der Waals surface area contributed by atoms with E-state index < -0.39 is 18.0 Å². The van der Waals surface area contributed by atoms with Crippen LogP contribution in [0.1, 0.15) is 13.8 Å². The minimum Gasteiger partial charge on any atom is -0.479 e. The molecule has 1 N–H and O–H groups in total. The fourth-order valence-corrected chi connectivity index (χ4v) is 0.299. The summed E-state index contributed by atoms with van der Waals surface area (Å²) < 4.78 is 4.27. The van der Waals surface area contributed by atoms with Crippen LogP contribution in [0.2, 0.25) is 0 Å². The van der Waals surface area contributed by atoms with Crippen molar-refractivity contribution in [3.8, 4) is 0 Å². The average Bonchev–Trinajstić information content (AvgIpc) is 1.63. The molecule has 0 aromatic rings. The van der Waals surface area contributed by atoms with E-state index >= 15 is 0 Å². The van der Waals surface area contributed by atoms with Crippen molar-refractivity contribution in [3.05, 3.63) is 0 Å². The molecule has 0 aromatic carbocycles. The van der Waals surface area contributed by atoms with Crippen LogP contribution in [0.5, 0.6) is 0 Å². The Bertz CT molecular complexity index is 136. The number of halogens is 2. The number of ether oxygens (including phenoxy) is 1.